The van der Waals surface area contributed by atoms with Gasteiger partial charge in [-0.05, 0) is 29.7 Å². The Morgan fingerprint density at radius 2 is 2.22 bits per heavy atom. The molecule has 3 nitrogen and oxygen atoms in total. The average molecular weight is 260 g/mol. The second-order valence-corrected chi connectivity index (χ2v) is 6.31. The largest absolute Gasteiger partial charge is 0.316 e. The van der Waals surface area contributed by atoms with Gasteiger partial charge in [-0.15, -0.1) is 0 Å². The molecule has 0 spiro atoms. The summed E-state index contributed by atoms with van der Waals surface area (Å²) in [6.45, 7) is 2.04. The van der Waals surface area contributed by atoms with Gasteiger partial charge in [-0.1, -0.05) is 12.1 Å². The predicted molar refractivity (Wildman–Crippen MR) is 74.8 cm³/mol. The highest BCUT2D eigenvalue weighted by atomic mass is 32.2. The third-order valence-electron chi connectivity index (χ3n) is 3.28. The minimum atomic E-state index is -0.753. The van der Waals surface area contributed by atoms with Crippen molar-refractivity contribution >= 4 is 21.7 Å². The normalized spacial score (nSPS) is 17.6. The number of nitrogens with one attached hydrogen (secondary N) is 1. The van der Waals surface area contributed by atoms with Gasteiger partial charge in [-0.25, -0.2) is 0 Å². The van der Waals surface area contributed by atoms with E-state index in [1.54, 1.807) is 6.20 Å². The molecule has 1 aromatic carbocycles. The molecule has 4 heteroatoms. The van der Waals surface area contributed by atoms with Crippen LogP contribution in [0.4, 0.5) is 0 Å². The van der Waals surface area contributed by atoms with E-state index in [-0.39, 0.29) is 0 Å². The van der Waals surface area contributed by atoms with Crippen LogP contribution in [0.25, 0.3) is 10.9 Å². The number of rotatable bonds is 4. The second kappa shape index (κ2) is 5.16. The fourth-order valence-electron chi connectivity index (χ4n) is 2.19. The molecule has 0 amide bonds. The molecule has 1 aliphatic rings. The Balaban J connectivity index is 1.71. The summed E-state index contributed by atoms with van der Waals surface area (Å²) in [5, 5.41) is 4.33. The fraction of sp³-hybridized carbons (Fsp3) is 0.357. The Kier molecular flexibility index (Phi) is 3.39. The topological polar surface area (TPSA) is 42.0 Å². The van der Waals surface area contributed by atoms with Gasteiger partial charge in [0.15, 0.2) is 0 Å². The smallest absolute Gasteiger partial charge is 0.0702 e. The summed E-state index contributed by atoms with van der Waals surface area (Å²) in [5.74, 6) is 2.08. The molecule has 18 heavy (non-hydrogen) atoms. The summed E-state index contributed by atoms with van der Waals surface area (Å²) in [7, 11) is -0.753. The number of pyridine rings is 1. The van der Waals surface area contributed by atoms with Gasteiger partial charge in [0, 0.05) is 47.0 Å². The van der Waals surface area contributed by atoms with Crippen LogP contribution >= 0.6 is 0 Å². The Morgan fingerprint density at radius 1 is 1.33 bits per heavy atom. The molecule has 3 rings (SSSR count). The third-order valence-corrected chi connectivity index (χ3v) is 4.78. The lowest BCUT2D eigenvalue weighted by atomic mass is 10.1. The van der Waals surface area contributed by atoms with E-state index in [0.717, 1.165) is 35.3 Å². The zero-order valence-corrected chi connectivity index (χ0v) is 11.0. The fourth-order valence-corrected chi connectivity index (χ4v) is 3.62. The first kappa shape index (κ1) is 11.8. The quantitative estimate of drug-likeness (QED) is 0.910. The van der Waals surface area contributed by atoms with Gasteiger partial charge in [0.1, 0.15) is 0 Å². The van der Waals surface area contributed by atoms with E-state index in [2.05, 4.69) is 16.4 Å². The number of benzene rings is 1. The van der Waals surface area contributed by atoms with Crippen LogP contribution in [0.2, 0.25) is 0 Å². The lowest BCUT2D eigenvalue weighted by molar-refractivity contribution is 0.382. The van der Waals surface area contributed by atoms with E-state index in [1.165, 1.54) is 0 Å². The molecule has 1 aromatic heterocycles. The Labute approximate surface area is 109 Å². The summed E-state index contributed by atoms with van der Waals surface area (Å²) in [6, 6.07) is 10.1. The maximum Gasteiger partial charge on any atom is 0.0702 e. The van der Waals surface area contributed by atoms with E-state index in [0.29, 0.717) is 11.7 Å². The molecule has 1 aliphatic heterocycles. The van der Waals surface area contributed by atoms with Gasteiger partial charge in [-0.3, -0.25) is 9.19 Å². The first-order valence-electron chi connectivity index (χ1n) is 6.20. The predicted octanol–water partition coefficient (Wildman–Crippen LogP) is 1.70. The Morgan fingerprint density at radius 3 is 3.00 bits per heavy atom. The van der Waals surface area contributed by atoms with Crippen LogP contribution in [0.15, 0.2) is 36.5 Å². The van der Waals surface area contributed by atoms with Gasteiger partial charge >= 0.3 is 0 Å². The maximum absolute atomic E-state index is 12.0. The molecule has 2 aromatic rings. The highest BCUT2D eigenvalue weighted by Gasteiger charge is 2.19. The Hall–Kier alpha value is -1.26. The number of nitrogens with zero attached hydrogens (tertiary/aromatic N) is 1. The first-order valence-corrected chi connectivity index (χ1v) is 7.69. The van der Waals surface area contributed by atoms with Crippen LogP contribution in [-0.2, 0) is 16.6 Å². The van der Waals surface area contributed by atoms with Gasteiger partial charge in [0.25, 0.3) is 0 Å². The summed E-state index contributed by atoms with van der Waals surface area (Å²) >= 11 is 0. The van der Waals surface area contributed by atoms with Crippen molar-refractivity contribution in [1.29, 1.82) is 0 Å². The molecule has 1 N–H and O–H groups in total. The second-order valence-electron chi connectivity index (χ2n) is 4.81. The van der Waals surface area contributed by atoms with Crippen molar-refractivity contribution in [2.75, 3.05) is 18.8 Å². The highest BCUT2D eigenvalue weighted by Crippen LogP contribution is 2.15. The van der Waals surface area contributed by atoms with Crippen molar-refractivity contribution < 1.29 is 4.21 Å². The van der Waals surface area contributed by atoms with Gasteiger partial charge in [-0.2, -0.15) is 0 Å². The van der Waals surface area contributed by atoms with Gasteiger partial charge in [0.05, 0.1) is 5.52 Å². The maximum atomic E-state index is 12.0. The zero-order valence-electron chi connectivity index (χ0n) is 10.1. The number of aromatic nitrogens is 1. The van der Waals surface area contributed by atoms with Crippen LogP contribution in [-0.4, -0.2) is 28.0 Å². The number of fused-ring (bicyclic) bond motifs is 1. The van der Waals surface area contributed by atoms with Crippen LogP contribution in [0, 0.1) is 5.92 Å². The summed E-state index contributed by atoms with van der Waals surface area (Å²) in [4.78, 5) is 4.29. The molecule has 0 aliphatic carbocycles. The molecule has 1 fully saturated rings. The third kappa shape index (κ3) is 2.60. The number of hydrogen-bond acceptors (Lipinski definition) is 3. The summed E-state index contributed by atoms with van der Waals surface area (Å²) in [5.41, 5.74) is 2.14. The minimum Gasteiger partial charge on any atom is -0.316 e. The lowest BCUT2D eigenvalue weighted by Gasteiger charge is -2.26. The number of hydrogen-bond donors (Lipinski definition) is 1. The van der Waals surface area contributed by atoms with Crippen LogP contribution in [0.5, 0.6) is 0 Å². The standard InChI is InChI=1S/C14H16N2OS/c17-18(10-12-7-15-8-12)9-11-3-4-14-13(6-11)2-1-5-16-14/h1-6,12,15H,7-10H2. The van der Waals surface area contributed by atoms with Crippen LogP contribution in [0.1, 0.15) is 5.56 Å². The van der Waals surface area contributed by atoms with Gasteiger partial charge < -0.3 is 5.32 Å². The molecule has 1 saturated heterocycles. The van der Waals surface area contributed by atoms with Crippen molar-refractivity contribution in [2.45, 2.75) is 5.75 Å². The molecule has 1 unspecified atom stereocenters. The monoisotopic (exact) mass is 260 g/mol. The lowest BCUT2D eigenvalue weighted by Crippen LogP contribution is -2.44. The van der Waals surface area contributed by atoms with E-state index >= 15 is 0 Å². The summed E-state index contributed by atoms with van der Waals surface area (Å²) < 4.78 is 12.0. The molecule has 0 radical (unpaired) electrons. The molecular formula is C14H16N2OS. The molecule has 1 atom stereocenters. The Bertz CT molecular complexity index is 581. The highest BCUT2D eigenvalue weighted by molar-refractivity contribution is 7.84. The summed E-state index contributed by atoms with van der Waals surface area (Å²) in [6.07, 6.45) is 1.80. The van der Waals surface area contributed by atoms with Gasteiger partial charge in [0.2, 0.25) is 0 Å². The molecule has 2 heterocycles. The van der Waals surface area contributed by atoms with E-state index < -0.39 is 10.8 Å². The van der Waals surface area contributed by atoms with Crippen LogP contribution in [0.3, 0.4) is 0 Å². The van der Waals surface area contributed by atoms with Crippen molar-refractivity contribution in [3.8, 4) is 0 Å². The SMILES string of the molecule is O=S(Cc1ccc2ncccc2c1)CC1CNC1. The van der Waals surface area contributed by atoms with Crippen molar-refractivity contribution in [3.63, 3.8) is 0 Å². The average Bonchev–Trinajstić information content (AvgIpc) is 2.34. The molecular weight excluding hydrogens is 244 g/mol. The molecule has 0 bridgehead atoms. The van der Waals surface area contributed by atoms with Crippen molar-refractivity contribution in [3.05, 3.63) is 42.1 Å². The van der Waals surface area contributed by atoms with Crippen molar-refractivity contribution in [2.24, 2.45) is 5.92 Å². The van der Waals surface area contributed by atoms with E-state index in [9.17, 15) is 4.21 Å². The molecule has 0 saturated carbocycles. The zero-order chi connectivity index (χ0) is 12.4. The van der Waals surface area contributed by atoms with E-state index in [4.69, 9.17) is 0 Å². The first-order chi connectivity index (χ1) is 8.81. The molecule has 94 valence electrons. The van der Waals surface area contributed by atoms with Crippen LogP contribution < -0.4 is 5.32 Å². The van der Waals surface area contributed by atoms with E-state index in [1.807, 2.05) is 24.3 Å². The van der Waals surface area contributed by atoms with Crippen molar-refractivity contribution in [1.82, 2.24) is 10.3 Å². The minimum absolute atomic E-state index is 0.605.